The molecule has 1 aliphatic heterocycles. The van der Waals surface area contributed by atoms with Crippen LogP contribution in [-0.2, 0) is 4.79 Å². The standard InChI is InChI=1S/C19H21NO3S/c1-19(9-3-2-4-10-19)13-20-17(22)16(24-18(20)23)11-14-5-7-15(12-21)8-6-14/h5-8,11-12H,2-4,9-10,13H2,1H3/b16-11+. The van der Waals surface area contributed by atoms with Crippen LogP contribution >= 0.6 is 11.8 Å². The molecule has 5 heteroatoms. The number of imide groups is 1. The van der Waals surface area contributed by atoms with Gasteiger partial charge >= 0.3 is 0 Å². The molecule has 1 aromatic carbocycles. The normalized spacial score (nSPS) is 22.2. The maximum atomic E-state index is 12.6. The fourth-order valence-electron chi connectivity index (χ4n) is 3.40. The first-order chi connectivity index (χ1) is 11.5. The second-order valence-electron chi connectivity index (χ2n) is 6.92. The molecule has 0 aromatic heterocycles. The zero-order valence-corrected chi connectivity index (χ0v) is 14.6. The SMILES string of the molecule is CC1(CN2C(=O)S/C(=C/c3ccc(C=O)cc3)C2=O)CCCCC1. The largest absolute Gasteiger partial charge is 0.298 e. The van der Waals surface area contributed by atoms with Gasteiger partial charge in [0.25, 0.3) is 11.1 Å². The molecule has 1 aliphatic carbocycles. The molecule has 1 saturated heterocycles. The van der Waals surface area contributed by atoms with Gasteiger partial charge in [-0.2, -0.15) is 0 Å². The van der Waals surface area contributed by atoms with Crippen molar-refractivity contribution < 1.29 is 14.4 Å². The van der Waals surface area contributed by atoms with E-state index in [-0.39, 0.29) is 16.6 Å². The van der Waals surface area contributed by atoms with Crippen LogP contribution < -0.4 is 0 Å². The van der Waals surface area contributed by atoms with Crippen molar-refractivity contribution in [3.05, 3.63) is 40.3 Å². The molecule has 1 aromatic rings. The molecule has 4 nitrogen and oxygen atoms in total. The van der Waals surface area contributed by atoms with E-state index in [9.17, 15) is 14.4 Å². The van der Waals surface area contributed by atoms with Gasteiger partial charge in [0.05, 0.1) is 4.91 Å². The van der Waals surface area contributed by atoms with Crippen molar-refractivity contribution in [3.8, 4) is 0 Å². The molecule has 1 heterocycles. The molecule has 2 fully saturated rings. The quantitative estimate of drug-likeness (QED) is 0.596. The fourth-order valence-corrected chi connectivity index (χ4v) is 4.24. The number of carbonyl (C=O) groups excluding carboxylic acids is 3. The van der Waals surface area contributed by atoms with Crippen LogP contribution in [0.4, 0.5) is 4.79 Å². The van der Waals surface area contributed by atoms with Crippen LogP contribution in [0.5, 0.6) is 0 Å². The van der Waals surface area contributed by atoms with E-state index < -0.39 is 0 Å². The van der Waals surface area contributed by atoms with Gasteiger partial charge in [-0.05, 0) is 41.7 Å². The molecular weight excluding hydrogens is 322 g/mol. The van der Waals surface area contributed by atoms with Crippen molar-refractivity contribution in [1.29, 1.82) is 0 Å². The summed E-state index contributed by atoms with van der Waals surface area (Å²) in [5.41, 5.74) is 1.45. The van der Waals surface area contributed by atoms with E-state index in [0.717, 1.165) is 36.5 Å². The van der Waals surface area contributed by atoms with Crippen LogP contribution in [0.3, 0.4) is 0 Å². The summed E-state index contributed by atoms with van der Waals surface area (Å²) in [6, 6.07) is 6.96. The Balaban J connectivity index is 1.75. The summed E-state index contributed by atoms with van der Waals surface area (Å²) in [6.45, 7) is 2.69. The van der Waals surface area contributed by atoms with E-state index in [1.165, 1.54) is 24.2 Å². The van der Waals surface area contributed by atoms with Crippen LogP contribution in [0.15, 0.2) is 29.2 Å². The molecule has 0 unspecified atom stereocenters. The Morgan fingerprint density at radius 3 is 2.33 bits per heavy atom. The smallest absolute Gasteiger partial charge is 0.293 e. The summed E-state index contributed by atoms with van der Waals surface area (Å²) in [5.74, 6) is -0.198. The van der Waals surface area contributed by atoms with E-state index >= 15 is 0 Å². The third kappa shape index (κ3) is 3.61. The van der Waals surface area contributed by atoms with E-state index in [2.05, 4.69) is 6.92 Å². The summed E-state index contributed by atoms with van der Waals surface area (Å²) >= 11 is 1.00. The van der Waals surface area contributed by atoms with Gasteiger partial charge < -0.3 is 0 Å². The molecule has 3 rings (SSSR count). The monoisotopic (exact) mass is 343 g/mol. The zero-order chi connectivity index (χ0) is 17.2. The Bertz CT molecular complexity index is 687. The lowest BCUT2D eigenvalue weighted by molar-refractivity contribution is -0.124. The molecule has 2 amide bonds. The maximum absolute atomic E-state index is 12.6. The van der Waals surface area contributed by atoms with E-state index in [0.29, 0.717) is 17.0 Å². The van der Waals surface area contributed by atoms with Gasteiger partial charge in [-0.1, -0.05) is 50.5 Å². The molecule has 0 atom stereocenters. The minimum atomic E-state index is -0.198. The summed E-state index contributed by atoms with van der Waals surface area (Å²) in [7, 11) is 0. The van der Waals surface area contributed by atoms with E-state index in [1.807, 2.05) is 0 Å². The fraction of sp³-hybridized carbons (Fsp3) is 0.421. The Kier molecular flexibility index (Phi) is 4.90. The number of amides is 2. The lowest BCUT2D eigenvalue weighted by Gasteiger charge is -2.35. The first kappa shape index (κ1) is 17.0. The lowest BCUT2D eigenvalue weighted by Crippen LogP contribution is -2.39. The molecule has 0 spiro atoms. The van der Waals surface area contributed by atoms with Crippen molar-refractivity contribution in [1.82, 2.24) is 4.90 Å². The minimum absolute atomic E-state index is 0.0468. The van der Waals surface area contributed by atoms with Gasteiger partial charge in [0.2, 0.25) is 0 Å². The Labute approximate surface area is 146 Å². The zero-order valence-electron chi connectivity index (χ0n) is 13.8. The second kappa shape index (κ2) is 6.93. The van der Waals surface area contributed by atoms with Crippen molar-refractivity contribution in [2.75, 3.05) is 6.54 Å². The highest BCUT2D eigenvalue weighted by Crippen LogP contribution is 2.40. The number of aldehydes is 1. The number of hydrogen-bond donors (Lipinski definition) is 0. The van der Waals surface area contributed by atoms with Gasteiger partial charge in [-0.25, -0.2) is 0 Å². The molecule has 24 heavy (non-hydrogen) atoms. The van der Waals surface area contributed by atoms with Crippen molar-refractivity contribution >= 4 is 35.3 Å². The maximum Gasteiger partial charge on any atom is 0.293 e. The summed E-state index contributed by atoms with van der Waals surface area (Å²) in [5, 5.41) is -0.178. The van der Waals surface area contributed by atoms with E-state index in [1.54, 1.807) is 30.3 Å². The predicted molar refractivity (Wildman–Crippen MR) is 95.7 cm³/mol. The van der Waals surface area contributed by atoms with Crippen LogP contribution in [0.1, 0.15) is 54.9 Å². The third-order valence-corrected chi connectivity index (χ3v) is 5.75. The van der Waals surface area contributed by atoms with Gasteiger partial charge in [-0.3, -0.25) is 19.3 Å². The summed E-state index contributed by atoms with van der Waals surface area (Å²) in [4.78, 5) is 37.5. The lowest BCUT2D eigenvalue weighted by atomic mass is 9.75. The first-order valence-electron chi connectivity index (χ1n) is 8.31. The van der Waals surface area contributed by atoms with Crippen molar-refractivity contribution in [2.45, 2.75) is 39.0 Å². The number of nitrogens with zero attached hydrogens (tertiary/aromatic N) is 1. The van der Waals surface area contributed by atoms with Crippen LogP contribution in [0, 0.1) is 5.41 Å². The van der Waals surface area contributed by atoms with Crippen molar-refractivity contribution in [2.24, 2.45) is 5.41 Å². The topological polar surface area (TPSA) is 54.5 Å². The minimum Gasteiger partial charge on any atom is -0.298 e. The average Bonchev–Trinajstić information content (AvgIpc) is 2.83. The molecule has 0 radical (unpaired) electrons. The third-order valence-electron chi connectivity index (χ3n) is 4.84. The highest BCUT2D eigenvalue weighted by atomic mass is 32.2. The number of benzene rings is 1. The molecule has 0 N–H and O–H groups in total. The highest BCUT2D eigenvalue weighted by Gasteiger charge is 2.40. The van der Waals surface area contributed by atoms with Crippen LogP contribution in [0.2, 0.25) is 0 Å². The molecule has 0 bridgehead atoms. The van der Waals surface area contributed by atoms with E-state index in [4.69, 9.17) is 0 Å². The number of hydrogen-bond acceptors (Lipinski definition) is 4. The van der Waals surface area contributed by atoms with Crippen molar-refractivity contribution in [3.63, 3.8) is 0 Å². The van der Waals surface area contributed by atoms with Crippen LogP contribution in [-0.4, -0.2) is 28.9 Å². The Morgan fingerprint density at radius 1 is 1.08 bits per heavy atom. The van der Waals surface area contributed by atoms with Gasteiger partial charge in [-0.15, -0.1) is 0 Å². The molecular formula is C19H21NO3S. The highest BCUT2D eigenvalue weighted by molar-refractivity contribution is 8.18. The number of rotatable bonds is 4. The number of carbonyl (C=O) groups is 3. The molecule has 126 valence electrons. The first-order valence-corrected chi connectivity index (χ1v) is 9.13. The summed E-state index contributed by atoms with van der Waals surface area (Å²) < 4.78 is 0. The predicted octanol–water partition coefficient (Wildman–Crippen LogP) is 4.51. The summed E-state index contributed by atoms with van der Waals surface area (Å²) in [6.07, 6.45) is 8.23. The molecule has 1 saturated carbocycles. The average molecular weight is 343 g/mol. The second-order valence-corrected chi connectivity index (χ2v) is 7.92. The Morgan fingerprint density at radius 2 is 1.71 bits per heavy atom. The van der Waals surface area contributed by atoms with Gasteiger partial charge in [0.15, 0.2) is 0 Å². The van der Waals surface area contributed by atoms with Gasteiger partial charge in [0.1, 0.15) is 6.29 Å². The Hall–Kier alpha value is -1.88. The number of thioether (sulfide) groups is 1. The van der Waals surface area contributed by atoms with Crippen LogP contribution in [0.25, 0.3) is 6.08 Å². The van der Waals surface area contributed by atoms with Gasteiger partial charge in [0, 0.05) is 12.1 Å². The molecule has 2 aliphatic rings.